The Morgan fingerprint density at radius 2 is 1.88 bits per heavy atom. The zero-order valence-electron chi connectivity index (χ0n) is 19.3. The highest BCUT2D eigenvalue weighted by Gasteiger charge is 2.23. The molecule has 1 aromatic carbocycles. The van der Waals surface area contributed by atoms with Gasteiger partial charge in [0.2, 0.25) is 5.91 Å². The topological polar surface area (TPSA) is 98.1 Å². The van der Waals surface area contributed by atoms with Gasteiger partial charge in [-0.15, -0.1) is 10.2 Å². The smallest absolute Gasteiger partial charge is 0.258 e. The highest BCUT2D eigenvalue weighted by atomic mass is 32.2. The minimum atomic E-state index is -0.231. The highest BCUT2D eigenvalue weighted by molar-refractivity contribution is 7.99. The minimum Gasteiger partial charge on any atom is -0.483 e. The molecule has 174 valence electrons. The number of nitrogens with one attached hydrogen (secondary N) is 2. The molecule has 2 N–H and O–H groups in total. The average Bonchev–Trinajstić information content (AvgIpc) is 3.11. The summed E-state index contributed by atoms with van der Waals surface area (Å²) in [5.41, 5.74) is 1.99. The second-order valence-corrected chi connectivity index (χ2v) is 9.41. The van der Waals surface area contributed by atoms with Crippen molar-refractivity contribution in [3.63, 3.8) is 0 Å². The molecule has 9 heteroatoms. The van der Waals surface area contributed by atoms with Gasteiger partial charge in [0, 0.05) is 13.1 Å². The monoisotopic (exact) mass is 459 g/mol. The molecule has 1 aromatic heterocycles. The number of carbonyl (C=O) groups excluding carboxylic acids is 2. The van der Waals surface area contributed by atoms with E-state index in [1.54, 1.807) is 4.57 Å². The van der Waals surface area contributed by atoms with Crippen LogP contribution in [-0.2, 0) is 23.2 Å². The van der Waals surface area contributed by atoms with Crippen molar-refractivity contribution in [2.24, 2.45) is 13.0 Å². The van der Waals surface area contributed by atoms with E-state index in [0.29, 0.717) is 22.7 Å². The number of aromatic nitrogens is 3. The third-order valence-corrected chi connectivity index (χ3v) is 6.94. The number of ether oxygens (including phenoxy) is 1. The summed E-state index contributed by atoms with van der Waals surface area (Å²) in [5, 5.41) is 14.9. The normalized spacial score (nSPS) is 18.2. The average molecular weight is 460 g/mol. The van der Waals surface area contributed by atoms with Crippen LogP contribution >= 0.6 is 11.8 Å². The molecule has 1 heterocycles. The second-order valence-electron chi connectivity index (χ2n) is 8.47. The van der Waals surface area contributed by atoms with Crippen LogP contribution in [0.1, 0.15) is 49.6 Å². The van der Waals surface area contributed by atoms with Crippen LogP contribution in [-0.4, -0.2) is 45.0 Å². The van der Waals surface area contributed by atoms with Gasteiger partial charge in [0.1, 0.15) is 5.75 Å². The largest absolute Gasteiger partial charge is 0.483 e. The Balaban J connectivity index is 1.43. The van der Waals surface area contributed by atoms with Crippen LogP contribution in [0.25, 0.3) is 0 Å². The zero-order chi connectivity index (χ0) is 23.1. The summed E-state index contributed by atoms with van der Waals surface area (Å²) in [6.45, 7) is 6.29. The van der Waals surface area contributed by atoms with E-state index in [1.807, 2.05) is 39.1 Å². The molecular formula is C23H33N5O3S. The first-order valence-electron chi connectivity index (χ1n) is 11.1. The fourth-order valence-electron chi connectivity index (χ4n) is 3.93. The Hall–Kier alpha value is -2.55. The predicted octanol–water partition coefficient (Wildman–Crippen LogP) is 2.91. The fraction of sp³-hybridized carbons (Fsp3) is 0.565. The van der Waals surface area contributed by atoms with Crippen molar-refractivity contribution in [2.75, 3.05) is 12.4 Å². The maximum atomic E-state index is 12.3. The van der Waals surface area contributed by atoms with E-state index >= 15 is 0 Å². The van der Waals surface area contributed by atoms with Gasteiger partial charge in [-0.1, -0.05) is 49.7 Å². The van der Waals surface area contributed by atoms with Gasteiger partial charge in [-0.2, -0.15) is 0 Å². The van der Waals surface area contributed by atoms with Crippen molar-refractivity contribution < 1.29 is 14.3 Å². The van der Waals surface area contributed by atoms with Crippen LogP contribution in [0.3, 0.4) is 0 Å². The summed E-state index contributed by atoms with van der Waals surface area (Å²) in [5.74, 6) is 1.98. The molecule has 0 bridgehead atoms. The fourth-order valence-corrected chi connectivity index (χ4v) is 4.67. The molecule has 1 fully saturated rings. The second kappa shape index (κ2) is 11.4. The van der Waals surface area contributed by atoms with Gasteiger partial charge in [0.15, 0.2) is 17.6 Å². The quantitative estimate of drug-likeness (QED) is 0.560. The molecule has 8 nitrogen and oxygen atoms in total. The molecule has 0 unspecified atom stereocenters. The van der Waals surface area contributed by atoms with E-state index in [4.69, 9.17) is 4.74 Å². The first kappa shape index (κ1) is 24.1. The molecule has 2 atom stereocenters. The summed E-state index contributed by atoms with van der Waals surface area (Å²) in [6, 6.07) is 6.14. The van der Waals surface area contributed by atoms with Crippen molar-refractivity contribution in [1.29, 1.82) is 0 Å². The molecule has 32 heavy (non-hydrogen) atoms. The van der Waals surface area contributed by atoms with Gasteiger partial charge in [-0.05, 0) is 43.7 Å². The summed E-state index contributed by atoms with van der Waals surface area (Å²) in [7, 11) is 1.83. The third-order valence-electron chi connectivity index (χ3n) is 5.92. The first-order valence-corrected chi connectivity index (χ1v) is 12.1. The lowest BCUT2D eigenvalue weighted by atomic mass is 9.86. The Morgan fingerprint density at radius 3 is 2.59 bits per heavy atom. The van der Waals surface area contributed by atoms with Crippen molar-refractivity contribution in [3.8, 4) is 5.75 Å². The summed E-state index contributed by atoms with van der Waals surface area (Å²) >= 11 is 1.35. The number of hydrogen-bond donors (Lipinski definition) is 2. The number of benzene rings is 1. The van der Waals surface area contributed by atoms with E-state index in [1.165, 1.54) is 31.0 Å². The van der Waals surface area contributed by atoms with Crippen LogP contribution in [0.5, 0.6) is 5.75 Å². The third kappa shape index (κ3) is 6.48. The Morgan fingerprint density at radius 1 is 1.16 bits per heavy atom. The molecule has 0 radical (unpaired) electrons. The van der Waals surface area contributed by atoms with E-state index in [0.717, 1.165) is 23.3 Å². The SMILES string of the molecule is Cc1cccc(C)c1OCC(=O)NCc1nnc(SCC(=O)N[C@H]2CCCC[C@@H]2C)n1C. The lowest BCUT2D eigenvalue weighted by Gasteiger charge is -2.29. The molecule has 0 saturated heterocycles. The number of nitrogens with zero attached hydrogens (tertiary/aromatic N) is 3. The van der Waals surface area contributed by atoms with Crippen LogP contribution in [0.4, 0.5) is 0 Å². The van der Waals surface area contributed by atoms with Crippen molar-refractivity contribution in [3.05, 3.63) is 35.2 Å². The lowest BCUT2D eigenvalue weighted by molar-refractivity contribution is -0.123. The van der Waals surface area contributed by atoms with Gasteiger partial charge in [-0.3, -0.25) is 9.59 Å². The maximum Gasteiger partial charge on any atom is 0.258 e. The summed E-state index contributed by atoms with van der Waals surface area (Å²) in [4.78, 5) is 24.5. The van der Waals surface area contributed by atoms with Gasteiger partial charge >= 0.3 is 0 Å². The number of para-hydroxylation sites is 1. The van der Waals surface area contributed by atoms with Crippen molar-refractivity contribution in [1.82, 2.24) is 25.4 Å². The van der Waals surface area contributed by atoms with E-state index in [9.17, 15) is 9.59 Å². The van der Waals surface area contributed by atoms with Gasteiger partial charge in [-0.25, -0.2) is 0 Å². The maximum absolute atomic E-state index is 12.3. The molecule has 1 aliphatic rings. The number of amides is 2. The number of rotatable bonds is 9. The number of thioether (sulfide) groups is 1. The summed E-state index contributed by atoms with van der Waals surface area (Å²) in [6.07, 6.45) is 4.65. The first-order chi connectivity index (χ1) is 15.3. The molecular weight excluding hydrogens is 426 g/mol. The van der Waals surface area contributed by atoms with Gasteiger partial charge in [0.05, 0.1) is 12.3 Å². The molecule has 2 aromatic rings. The van der Waals surface area contributed by atoms with Crippen molar-refractivity contribution in [2.45, 2.75) is 64.2 Å². The highest BCUT2D eigenvalue weighted by Crippen LogP contribution is 2.24. The zero-order valence-corrected chi connectivity index (χ0v) is 20.1. The van der Waals surface area contributed by atoms with E-state index < -0.39 is 0 Å². The van der Waals surface area contributed by atoms with Crippen LogP contribution < -0.4 is 15.4 Å². The van der Waals surface area contributed by atoms with E-state index in [2.05, 4.69) is 27.8 Å². The molecule has 3 rings (SSSR count). The Bertz CT molecular complexity index is 925. The predicted molar refractivity (Wildman–Crippen MR) is 125 cm³/mol. The Labute approximate surface area is 193 Å². The molecule has 2 amide bonds. The van der Waals surface area contributed by atoms with Crippen LogP contribution in [0.15, 0.2) is 23.4 Å². The number of hydrogen-bond acceptors (Lipinski definition) is 6. The van der Waals surface area contributed by atoms with Crippen LogP contribution in [0.2, 0.25) is 0 Å². The van der Waals surface area contributed by atoms with Gasteiger partial charge < -0.3 is 19.9 Å². The lowest BCUT2D eigenvalue weighted by Crippen LogP contribution is -2.41. The molecule has 1 aliphatic carbocycles. The number of carbonyl (C=O) groups is 2. The molecule has 0 spiro atoms. The molecule has 0 aliphatic heterocycles. The van der Waals surface area contributed by atoms with Crippen molar-refractivity contribution >= 4 is 23.6 Å². The standard InChI is InChI=1S/C23H33N5O3S/c1-15-8-5-6-11-18(15)25-21(30)14-32-23-27-26-19(28(23)4)12-24-20(29)13-31-22-16(2)9-7-10-17(22)3/h7,9-10,15,18H,5-6,8,11-14H2,1-4H3,(H,24,29)(H,25,30)/t15-,18-/m0/s1. The van der Waals surface area contributed by atoms with Crippen LogP contribution in [0, 0.1) is 19.8 Å². The molecule has 1 saturated carbocycles. The number of aryl methyl sites for hydroxylation is 2. The van der Waals surface area contributed by atoms with E-state index in [-0.39, 0.29) is 31.0 Å². The summed E-state index contributed by atoms with van der Waals surface area (Å²) < 4.78 is 7.48. The Kier molecular flexibility index (Phi) is 8.55. The minimum absolute atomic E-state index is 0.0234. The van der Waals surface area contributed by atoms with Gasteiger partial charge in [0.25, 0.3) is 5.91 Å².